The number of rotatable bonds is 9. The number of alkyl halides is 3. The Morgan fingerprint density at radius 2 is 1.76 bits per heavy atom. The first kappa shape index (κ1) is 23.6. The molecule has 0 aliphatic rings. The number of amides is 1. The highest BCUT2D eigenvalue weighted by Crippen LogP contribution is 2.29. The number of hydrogen-bond donors (Lipinski definition) is 2. The lowest BCUT2D eigenvalue weighted by molar-refractivity contribution is -0.274. The van der Waals surface area contributed by atoms with Crippen LogP contribution in [0.4, 0.5) is 13.2 Å². The summed E-state index contributed by atoms with van der Waals surface area (Å²) in [5, 5.41) is 9.46. The molecule has 0 saturated carbocycles. The van der Waals surface area contributed by atoms with Crippen LogP contribution in [0.25, 0.3) is 11.3 Å². The van der Waals surface area contributed by atoms with Crippen LogP contribution >= 0.6 is 0 Å². The molecule has 0 saturated heterocycles. The summed E-state index contributed by atoms with van der Waals surface area (Å²) in [5.41, 5.74) is 1.32. The quantitative estimate of drug-likeness (QED) is 0.468. The lowest BCUT2D eigenvalue weighted by Gasteiger charge is -2.12. The van der Waals surface area contributed by atoms with Gasteiger partial charge in [0, 0.05) is 5.56 Å². The van der Waals surface area contributed by atoms with E-state index in [1.807, 2.05) is 0 Å². The first-order valence-corrected chi connectivity index (χ1v) is 9.82. The van der Waals surface area contributed by atoms with Gasteiger partial charge in [0.15, 0.2) is 6.61 Å². The second-order valence-electron chi connectivity index (χ2n) is 6.59. The van der Waals surface area contributed by atoms with Crippen LogP contribution in [0.2, 0.25) is 0 Å². The molecule has 0 bridgehead atoms. The smallest absolute Gasteiger partial charge is 0.481 e. The second kappa shape index (κ2) is 10.5. The topological polar surface area (TPSA) is 103 Å². The molecule has 0 spiro atoms. The molecular weight excluding hydrogens is 443 g/mol. The van der Waals surface area contributed by atoms with Crippen molar-refractivity contribution in [1.82, 2.24) is 15.5 Å². The highest BCUT2D eigenvalue weighted by molar-refractivity contribution is 5.96. The molecule has 1 aromatic heterocycles. The van der Waals surface area contributed by atoms with Gasteiger partial charge in [-0.1, -0.05) is 24.3 Å². The maximum absolute atomic E-state index is 12.6. The molecule has 174 valence electrons. The number of benzene rings is 2. The Morgan fingerprint density at radius 3 is 2.48 bits per heavy atom. The number of hydrogen-bond acceptors (Lipinski definition) is 6. The van der Waals surface area contributed by atoms with Crippen LogP contribution in [0, 0.1) is 0 Å². The van der Waals surface area contributed by atoms with Gasteiger partial charge in [-0.15, -0.1) is 13.2 Å². The Bertz CT molecular complexity index is 1110. The number of para-hydroxylation sites is 2. The van der Waals surface area contributed by atoms with Crippen molar-refractivity contribution >= 4 is 11.9 Å². The fourth-order valence-corrected chi connectivity index (χ4v) is 2.87. The molecule has 0 aliphatic heterocycles. The third kappa shape index (κ3) is 6.73. The highest BCUT2D eigenvalue weighted by atomic mass is 19.4. The summed E-state index contributed by atoms with van der Waals surface area (Å²) in [5.74, 6) is -1.44. The number of nitrogens with one attached hydrogen (secondary N) is 2. The summed E-state index contributed by atoms with van der Waals surface area (Å²) in [6.07, 6.45) is -4.92. The predicted molar refractivity (Wildman–Crippen MR) is 110 cm³/mol. The predicted octanol–water partition coefficient (Wildman–Crippen LogP) is 3.85. The molecule has 8 nitrogen and oxygen atoms in total. The van der Waals surface area contributed by atoms with E-state index in [4.69, 9.17) is 9.47 Å². The van der Waals surface area contributed by atoms with Gasteiger partial charge < -0.3 is 19.5 Å². The van der Waals surface area contributed by atoms with E-state index in [0.717, 1.165) is 6.07 Å². The van der Waals surface area contributed by atoms with Gasteiger partial charge in [0.25, 0.3) is 5.91 Å². The van der Waals surface area contributed by atoms with E-state index in [1.165, 1.54) is 18.2 Å². The van der Waals surface area contributed by atoms with E-state index < -0.39 is 24.0 Å². The molecule has 3 rings (SSSR count). The number of halogens is 3. The number of nitrogens with zero attached hydrogens (tertiary/aromatic N) is 1. The standard InChI is InChI=1S/C22H20F3N3O5/c1-2-31-20(29)13-32-18-9-5-3-7-15(18)17-11-14(27-28-17)12-26-21(30)16-8-4-6-10-19(16)33-22(23,24)25/h3-11H,2,12-13H2,1H3,(H,26,30)(H,27,28). The van der Waals surface area contributed by atoms with Crippen molar-refractivity contribution in [3.05, 3.63) is 65.9 Å². The van der Waals surface area contributed by atoms with Crippen molar-refractivity contribution in [3.63, 3.8) is 0 Å². The van der Waals surface area contributed by atoms with E-state index >= 15 is 0 Å². The number of aromatic nitrogens is 2. The van der Waals surface area contributed by atoms with Crippen LogP contribution in [0.3, 0.4) is 0 Å². The van der Waals surface area contributed by atoms with Crippen molar-refractivity contribution in [2.24, 2.45) is 0 Å². The lowest BCUT2D eigenvalue weighted by atomic mass is 10.1. The SMILES string of the molecule is CCOC(=O)COc1ccccc1-c1cc(CNC(=O)c2ccccc2OC(F)(F)F)[nH]n1. The van der Waals surface area contributed by atoms with E-state index in [-0.39, 0.29) is 25.3 Å². The monoisotopic (exact) mass is 463 g/mol. The van der Waals surface area contributed by atoms with Crippen LogP contribution < -0.4 is 14.8 Å². The Labute approximate surface area is 186 Å². The molecule has 0 aliphatic carbocycles. The largest absolute Gasteiger partial charge is 0.573 e. The average Bonchev–Trinajstić information content (AvgIpc) is 3.25. The van der Waals surface area contributed by atoms with E-state index in [9.17, 15) is 22.8 Å². The van der Waals surface area contributed by atoms with Gasteiger partial charge in [-0.2, -0.15) is 5.10 Å². The van der Waals surface area contributed by atoms with Gasteiger partial charge in [-0.3, -0.25) is 9.89 Å². The molecule has 2 aromatic carbocycles. The van der Waals surface area contributed by atoms with Crippen molar-refractivity contribution in [2.45, 2.75) is 19.8 Å². The zero-order valence-electron chi connectivity index (χ0n) is 17.4. The number of H-pyrrole nitrogens is 1. The molecule has 0 radical (unpaired) electrons. The van der Waals surface area contributed by atoms with Crippen molar-refractivity contribution in [3.8, 4) is 22.8 Å². The van der Waals surface area contributed by atoms with Crippen LogP contribution in [-0.4, -0.2) is 41.6 Å². The molecule has 1 heterocycles. The number of esters is 1. The van der Waals surface area contributed by atoms with Gasteiger partial charge >= 0.3 is 12.3 Å². The molecule has 1 amide bonds. The minimum atomic E-state index is -4.92. The highest BCUT2D eigenvalue weighted by Gasteiger charge is 2.32. The van der Waals surface area contributed by atoms with Gasteiger partial charge in [0.1, 0.15) is 11.5 Å². The fraction of sp³-hybridized carbons (Fsp3) is 0.227. The third-order valence-electron chi connectivity index (χ3n) is 4.24. The van der Waals surface area contributed by atoms with Gasteiger partial charge in [0.05, 0.1) is 30.1 Å². The van der Waals surface area contributed by atoms with Crippen LogP contribution in [0.5, 0.6) is 11.5 Å². The maximum atomic E-state index is 12.6. The minimum Gasteiger partial charge on any atom is -0.481 e. The summed E-state index contributed by atoms with van der Waals surface area (Å²) >= 11 is 0. The fourth-order valence-electron chi connectivity index (χ4n) is 2.87. The summed E-state index contributed by atoms with van der Waals surface area (Å²) in [4.78, 5) is 24.0. The van der Waals surface area contributed by atoms with E-state index in [1.54, 1.807) is 37.3 Å². The summed E-state index contributed by atoms with van der Waals surface area (Å²) in [6.45, 7) is 1.64. The van der Waals surface area contributed by atoms with Crippen LogP contribution in [-0.2, 0) is 16.1 Å². The van der Waals surface area contributed by atoms with E-state index in [2.05, 4.69) is 20.3 Å². The van der Waals surface area contributed by atoms with Crippen molar-refractivity contribution in [2.75, 3.05) is 13.2 Å². The minimum absolute atomic E-state index is 0.0297. The average molecular weight is 463 g/mol. The molecule has 0 atom stereocenters. The maximum Gasteiger partial charge on any atom is 0.573 e. The number of carbonyl (C=O) groups excluding carboxylic acids is 2. The van der Waals surface area contributed by atoms with Gasteiger partial charge in [-0.05, 0) is 37.3 Å². The van der Waals surface area contributed by atoms with Crippen molar-refractivity contribution in [1.29, 1.82) is 0 Å². The first-order valence-electron chi connectivity index (χ1n) is 9.82. The molecule has 33 heavy (non-hydrogen) atoms. The summed E-state index contributed by atoms with van der Waals surface area (Å²) in [6, 6.07) is 13.6. The molecular formula is C22H20F3N3O5. The molecule has 2 N–H and O–H groups in total. The normalized spacial score (nSPS) is 11.0. The Morgan fingerprint density at radius 1 is 1.06 bits per heavy atom. The molecule has 0 unspecified atom stereocenters. The second-order valence-corrected chi connectivity index (χ2v) is 6.59. The number of carbonyl (C=O) groups is 2. The Kier molecular flexibility index (Phi) is 7.54. The van der Waals surface area contributed by atoms with Gasteiger partial charge in [0.2, 0.25) is 0 Å². The van der Waals surface area contributed by atoms with Gasteiger partial charge in [-0.25, -0.2) is 4.79 Å². The zero-order chi connectivity index (χ0) is 23.8. The Balaban J connectivity index is 1.67. The molecule has 0 fully saturated rings. The molecule has 11 heteroatoms. The number of ether oxygens (including phenoxy) is 3. The summed E-state index contributed by atoms with van der Waals surface area (Å²) < 4.78 is 52.0. The Hall–Kier alpha value is -4.02. The first-order chi connectivity index (χ1) is 15.8. The third-order valence-corrected chi connectivity index (χ3v) is 4.24. The van der Waals surface area contributed by atoms with Crippen molar-refractivity contribution < 1.29 is 37.0 Å². The molecule has 3 aromatic rings. The van der Waals surface area contributed by atoms with Crippen LogP contribution in [0.1, 0.15) is 23.0 Å². The van der Waals surface area contributed by atoms with Crippen LogP contribution in [0.15, 0.2) is 54.6 Å². The number of aromatic amines is 1. The summed E-state index contributed by atoms with van der Waals surface area (Å²) in [7, 11) is 0. The lowest BCUT2D eigenvalue weighted by Crippen LogP contribution is -2.25. The zero-order valence-corrected chi connectivity index (χ0v) is 17.4. The van der Waals surface area contributed by atoms with E-state index in [0.29, 0.717) is 22.7 Å².